The third kappa shape index (κ3) is 33.3. The lowest BCUT2D eigenvalue weighted by Crippen LogP contribution is -2.37. The number of ether oxygens (including phenoxy) is 8. The molecule has 4 aliphatic carbocycles. The van der Waals surface area contributed by atoms with Gasteiger partial charge in [-0.05, 0) is 203 Å². The molecule has 32 nitrogen and oxygen atoms in total. The average Bonchev–Trinajstić information content (AvgIpc) is 1.63. The van der Waals surface area contributed by atoms with Gasteiger partial charge in [-0.1, -0.05) is 171 Å². The number of carboxylic acids is 4. The van der Waals surface area contributed by atoms with Crippen molar-refractivity contribution in [2.45, 2.75) is 293 Å². The highest BCUT2D eigenvalue weighted by Gasteiger charge is 2.34. The van der Waals surface area contributed by atoms with E-state index < -0.39 is 48.0 Å². The van der Waals surface area contributed by atoms with Gasteiger partial charge >= 0.3 is 23.9 Å². The van der Waals surface area contributed by atoms with Crippen LogP contribution in [0.4, 0.5) is 0 Å². The van der Waals surface area contributed by atoms with E-state index in [1.54, 1.807) is 81.1 Å². The van der Waals surface area contributed by atoms with Gasteiger partial charge in [-0.15, -0.1) is 0 Å². The highest BCUT2D eigenvalue weighted by atomic mass is 16.5. The molecule has 4 heterocycles. The van der Waals surface area contributed by atoms with Crippen LogP contribution in [-0.4, -0.2) is 188 Å². The molecule has 4 amide bonds. The fourth-order valence-corrected chi connectivity index (χ4v) is 20.0. The first-order valence-corrected chi connectivity index (χ1v) is 49.8. The second-order valence-electron chi connectivity index (χ2n) is 39.7. The van der Waals surface area contributed by atoms with Gasteiger partial charge in [0.15, 0.2) is 22.8 Å². The number of carbonyl (C=O) groups is 8. The Labute approximate surface area is 820 Å². The summed E-state index contributed by atoms with van der Waals surface area (Å²) in [6, 6.07) is 27.5. The summed E-state index contributed by atoms with van der Waals surface area (Å²) < 4.78 is 52.6. The van der Waals surface area contributed by atoms with Gasteiger partial charge < -0.3 is 79.6 Å². The Morgan fingerprint density at radius 1 is 0.317 bits per heavy atom. The smallest absolute Gasteiger partial charge is 0.305 e. The van der Waals surface area contributed by atoms with Crippen LogP contribution >= 0.6 is 0 Å². The number of amides is 4. The highest BCUT2D eigenvalue weighted by molar-refractivity contribution is 5.97. The number of nitrogens with zero attached hydrogens (tertiary/aromatic N) is 8. The van der Waals surface area contributed by atoms with Crippen LogP contribution in [0, 0.1) is 59.2 Å². The number of carboxylic acid groups (broad SMARTS) is 4. The number of hydrogen-bond acceptors (Lipinski definition) is 20. The lowest BCUT2D eigenvalue weighted by Gasteiger charge is -2.27. The van der Waals surface area contributed by atoms with Crippen LogP contribution in [0.1, 0.15) is 285 Å². The molecule has 6 atom stereocenters. The second kappa shape index (κ2) is 55.0. The van der Waals surface area contributed by atoms with Crippen molar-refractivity contribution in [3.8, 4) is 91.0 Å². The standard InChI is InChI=1S/3C27H39N3O5.C26H37N3O5/c1-17(2)12-20(14-25(31)32)28-27(33)21-15-22(26-23(34-4)10-7-11-24(26)35-5)30(29-21)16-19-9-6-8-18(3)13-19;1-17(2)13-20(14-25(31)32)28-27(33)21-15-22(26-23(34-4)7-6-8-24(26)35-5)30(29-21)16-19-11-9-18(3)10-12-19;1-18(2)15-20(16-25(31)32)28-27(33)21-17-22(26-23(34-3)11-8-12-24(26)35-4)30(29-21)14-13-19-9-6-5-7-10-19;1-17(2)13-19(14-24(30)31)27-26(32)20-15-21(25-22(33-3)11-8-12-23(25)34-4)29(28-20)16-18-9-6-5-7-10-18/h7,10-11,15,17-20H,6,8-9,12-14,16H2,1-5H3,(H,28,33)(H,31,32);6-8,15,17-20H,9-14,16H2,1-5H3,(H,28,33)(H,31,32);8,11-12,17-20H,5-7,9-10,13-16H2,1-4H3,(H,28,33)(H,31,32);8,11-12,15,17-19H,5-7,9-10,13-14,16H2,1-4H3,(H,27,32)(H,30,31)/t2*18?,19?,20-;20-;19-/m0000/s1. The fraction of sp³-hybridized carbons (Fsp3) is 0.589. The molecule has 139 heavy (non-hydrogen) atoms. The Bertz CT molecular complexity index is 5190. The van der Waals surface area contributed by atoms with E-state index in [4.69, 9.17) is 48.1 Å². The number of carbonyl (C=O) groups excluding carboxylic acids is 4. The number of hydrogen-bond donors (Lipinski definition) is 8. The number of nitrogens with one attached hydrogen (secondary N) is 4. The number of aromatic nitrogens is 8. The monoisotopic (exact) mass is 1930 g/mol. The fourth-order valence-electron chi connectivity index (χ4n) is 20.0. The molecule has 0 aliphatic heterocycles. The number of aryl methyl sites for hydroxylation is 1. The van der Waals surface area contributed by atoms with Crippen molar-refractivity contribution in [3.05, 3.63) is 120 Å². The number of benzene rings is 4. The lowest BCUT2D eigenvalue weighted by molar-refractivity contribution is -0.138. The number of aliphatic carboxylic acids is 4. The molecular weight excluding hydrogens is 1770 g/mol. The number of methoxy groups -OCH3 is 8. The molecule has 4 fully saturated rings. The molecule has 8 N–H and O–H groups in total. The summed E-state index contributed by atoms with van der Waals surface area (Å²) in [5.41, 5.74) is 7.04. The third-order valence-corrected chi connectivity index (χ3v) is 26.5. The van der Waals surface area contributed by atoms with E-state index in [-0.39, 0.29) is 95.8 Å². The molecule has 4 aromatic heterocycles. The molecule has 0 bridgehead atoms. The predicted molar refractivity (Wildman–Crippen MR) is 535 cm³/mol. The lowest BCUT2D eigenvalue weighted by atomic mass is 9.82. The van der Waals surface area contributed by atoms with E-state index in [1.165, 1.54) is 77.0 Å². The minimum Gasteiger partial charge on any atom is -0.496 e. The summed E-state index contributed by atoms with van der Waals surface area (Å²) in [4.78, 5) is 98.1. The normalized spacial score (nSPS) is 17.0. The van der Waals surface area contributed by atoms with Crippen molar-refractivity contribution in [1.82, 2.24) is 60.4 Å². The van der Waals surface area contributed by atoms with Crippen LogP contribution in [-0.2, 0) is 45.4 Å². The van der Waals surface area contributed by atoms with E-state index in [0.29, 0.717) is 127 Å². The molecule has 0 saturated heterocycles. The predicted octanol–water partition coefficient (Wildman–Crippen LogP) is 19.9. The van der Waals surface area contributed by atoms with E-state index in [2.05, 4.69) is 45.3 Å². The van der Waals surface area contributed by atoms with Crippen molar-refractivity contribution < 1.29 is 96.7 Å². The van der Waals surface area contributed by atoms with E-state index in [9.17, 15) is 58.8 Å². The number of rotatable bonds is 45. The van der Waals surface area contributed by atoms with Gasteiger partial charge in [-0.3, -0.25) is 57.1 Å². The summed E-state index contributed by atoms with van der Waals surface area (Å²) in [6.45, 7) is 23.4. The van der Waals surface area contributed by atoms with Crippen molar-refractivity contribution in [2.24, 2.45) is 59.2 Å². The first kappa shape index (κ1) is 111. The quantitative estimate of drug-likeness (QED) is 0.0176. The maximum absolute atomic E-state index is 13.2. The van der Waals surface area contributed by atoms with Crippen LogP contribution in [0.25, 0.3) is 45.0 Å². The average molecular weight is 1930 g/mol. The van der Waals surface area contributed by atoms with Crippen LogP contribution in [0.2, 0.25) is 0 Å². The van der Waals surface area contributed by atoms with Gasteiger partial charge in [0.05, 0.1) is 128 Å². The Balaban J connectivity index is 0.000000207. The molecule has 12 rings (SSSR count). The topological polar surface area (TPSA) is 411 Å². The summed E-state index contributed by atoms with van der Waals surface area (Å²) >= 11 is 0. The third-order valence-electron chi connectivity index (χ3n) is 26.5. The molecule has 4 aromatic carbocycles. The molecule has 0 spiro atoms. The zero-order chi connectivity index (χ0) is 101. The first-order valence-electron chi connectivity index (χ1n) is 49.8. The second-order valence-corrected chi connectivity index (χ2v) is 39.7. The van der Waals surface area contributed by atoms with Gasteiger partial charge in [0, 0.05) is 50.3 Å². The van der Waals surface area contributed by atoms with Gasteiger partial charge in [0.2, 0.25) is 0 Å². The largest absolute Gasteiger partial charge is 0.496 e. The molecule has 4 aliphatic rings. The summed E-state index contributed by atoms with van der Waals surface area (Å²) in [6.07, 6.45) is 24.4. The molecule has 2 unspecified atom stereocenters. The molecule has 32 heteroatoms. The maximum atomic E-state index is 13.2. The Morgan fingerprint density at radius 2 is 0.561 bits per heavy atom. The Morgan fingerprint density at radius 3 is 0.820 bits per heavy atom. The van der Waals surface area contributed by atoms with E-state index in [1.807, 2.05) is 147 Å². The van der Waals surface area contributed by atoms with Crippen LogP contribution in [0.5, 0.6) is 46.0 Å². The van der Waals surface area contributed by atoms with Crippen LogP contribution in [0.3, 0.4) is 0 Å². The maximum Gasteiger partial charge on any atom is 0.305 e. The minimum atomic E-state index is -0.938. The zero-order valence-corrected chi connectivity index (χ0v) is 85.1. The molecule has 8 aromatic rings. The SMILES string of the molecule is COc1cccc(OC)c1-c1cc(C(=O)N[C@H](CC(=O)O)CC(C)C)nn1CC1CCC(C)CC1.COc1cccc(OC)c1-c1cc(C(=O)N[C@H](CC(=O)O)CC(C)C)nn1CC1CCCC(C)C1.COc1cccc(OC)c1-c1cc(C(=O)N[C@H](CC(=O)O)CC(C)C)nn1CC1CCCCC1.COc1cccc(OC)c1-c1cc(C(=O)N[C@H](CC(=O)O)CC(C)C)nn1CCC1CCCCC1. The zero-order valence-electron chi connectivity index (χ0n) is 85.1. The van der Waals surface area contributed by atoms with Gasteiger partial charge in [0.1, 0.15) is 46.0 Å². The molecule has 4 saturated carbocycles. The summed E-state index contributed by atoms with van der Waals surface area (Å²) in [5.74, 6) is 4.37. The minimum absolute atomic E-state index is 0.125. The van der Waals surface area contributed by atoms with E-state index in [0.717, 1.165) is 95.9 Å². The van der Waals surface area contributed by atoms with Gasteiger partial charge in [0.25, 0.3) is 23.6 Å². The van der Waals surface area contributed by atoms with Crippen molar-refractivity contribution in [2.75, 3.05) is 56.9 Å². The molecule has 0 radical (unpaired) electrons. The first-order chi connectivity index (χ1) is 66.6. The van der Waals surface area contributed by atoms with E-state index >= 15 is 0 Å². The van der Waals surface area contributed by atoms with Gasteiger partial charge in [-0.25, -0.2) is 0 Å². The highest BCUT2D eigenvalue weighted by Crippen LogP contribution is 2.45. The summed E-state index contributed by atoms with van der Waals surface area (Å²) in [5, 5.41) is 67.5. The van der Waals surface area contributed by atoms with Crippen molar-refractivity contribution in [1.29, 1.82) is 0 Å². The van der Waals surface area contributed by atoms with Crippen LogP contribution in [0.15, 0.2) is 97.1 Å². The summed E-state index contributed by atoms with van der Waals surface area (Å²) in [7, 11) is 12.9. The Kier molecular flexibility index (Phi) is 43.7. The van der Waals surface area contributed by atoms with Crippen LogP contribution < -0.4 is 59.2 Å². The molecule has 762 valence electrons. The van der Waals surface area contributed by atoms with Gasteiger partial charge in [-0.2, -0.15) is 20.4 Å². The van der Waals surface area contributed by atoms with Crippen molar-refractivity contribution >= 4 is 47.5 Å². The van der Waals surface area contributed by atoms with Crippen molar-refractivity contribution in [3.63, 3.8) is 0 Å². The Hall–Kier alpha value is -12.1. The molecular formula is C107H154N12O20.